The summed E-state index contributed by atoms with van der Waals surface area (Å²) in [5.74, 6) is 1.04. The van der Waals surface area contributed by atoms with Crippen LogP contribution in [0.4, 0.5) is 0 Å². The Labute approximate surface area is 160 Å². The number of rotatable bonds is 10. The van der Waals surface area contributed by atoms with Gasteiger partial charge in [0, 0.05) is 5.02 Å². The molecule has 0 fully saturated rings. The Kier molecular flexibility index (Phi) is 8.29. The van der Waals surface area contributed by atoms with Crippen LogP contribution in [0.5, 0.6) is 11.5 Å². The quantitative estimate of drug-likeness (QED) is 0.519. The molecule has 140 valence electrons. The number of ether oxygens (including phenoxy) is 3. The molecule has 0 spiro atoms. The van der Waals surface area contributed by atoms with Gasteiger partial charge < -0.3 is 14.2 Å². The molecule has 0 bridgehead atoms. The van der Waals surface area contributed by atoms with Gasteiger partial charge in [-0.1, -0.05) is 37.1 Å². The van der Waals surface area contributed by atoms with Gasteiger partial charge in [-0.25, -0.2) is 4.79 Å². The molecule has 1 atom stereocenters. The van der Waals surface area contributed by atoms with Gasteiger partial charge >= 0.3 is 5.97 Å². The molecule has 2 aromatic rings. The summed E-state index contributed by atoms with van der Waals surface area (Å²) in [6.45, 7) is 4.68. The molecular formula is C21H25ClO4. The van der Waals surface area contributed by atoms with Crippen LogP contribution in [0, 0.1) is 0 Å². The Morgan fingerprint density at radius 3 is 2.27 bits per heavy atom. The van der Waals surface area contributed by atoms with Crippen molar-refractivity contribution in [1.29, 1.82) is 0 Å². The molecule has 0 amide bonds. The normalized spacial score (nSPS) is 11.7. The van der Waals surface area contributed by atoms with Crippen molar-refractivity contribution >= 4 is 17.6 Å². The number of esters is 1. The highest BCUT2D eigenvalue weighted by molar-refractivity contribution is 6.30. The summed E-state index contributed by atoms with van der Waals surface area (Å²) >= 11 is 5.87. The molecule has 0 aliphatic rings. The highest BCUT2D eigenvalue weighted by Gasteiger charge is 2.21. The summed E-state index contributed by atoms with van der Waals surface area (Å²) in [5.41, 5.74) is 1.04. The predicted molar refractivity (Wildman–Crippen MR) is 103 cm³/mol. The molecule has 0 saturated carbocycles. The van der Waals surface area contributed by atoms with Crippen LogP contribution in [0.25, 0.3) is 0 Å². The lowest BCUT2D eigenvalue weighted by atomic mass is 10.1. The SMILES string of the molecule is CCCCC(Oc1ccc(OCc2ccc(Cl)cc2)cc1)C(=O)OCC. The molecule has 4 nitrogen and oxygen atoms in total. The smallest absolute Gasteiger partial charge is 0.347 e. The standard InChI is InChI=1S/C21H25ClO4/c1-3-5-6-20(21(23)24-4-2)26-19-13-11-18(12-14-19)25-15-16-7-9-17(22)10-8-16/h7-14,20H,3-6,15H2,1-2H3. The van der Waals surface area contributed by atoms with Crippen molar-refractivity contribution in [3.8, 4) is 11.5 Å². The zero-order valence-corrected chi connectivity index (χ0v) is 16.0. The lowest BCUT2D eigenvalue weighted by Crippen LogP contribution is -2.29. The van der Waals surface area contributed by atoms with Gasteiger partial charge in [-0.05, 0) is 61.7 Å². The monoisotopic (exact) mass is 376 g/mol. The molecular weight excluding hydrogens is 352 g/mol. The maximum atomic E-state index is 12.0. The van der Waals surface area contributed by atoms with Gasteiger partial charge in [0.15, 0.2) is 6.10 Å². The van der Waals surface area contributed by atoms with E-state index in [1.807, 2.05) is 36.4 Å². The first kappa shape index (κ1) is 20.1. The van der Waals surface area contributed by atoms with Crippen molar-refractivity contribution in [1.82, 2.24) is 0 Å². The average molecular weight is 377 g/mol. The van der Waals surface area contributed by atoms with E-state index in [1.54, 1.807) is 19.1 Å². The number of carbonyl (C=O) groups excluding carboxylic acids is 1. The molecule has 0 saturated heterocycles. The van der Waals surface area contributed by atoms with E-state index in [2.05, 4.69) is 6.92 Å². The number of carbonyl (C=O) groups is 1. The van der Waals surface area contributed by atoms with Gasteiger partial charge in [0.1, 0.15) is 18.1 Å². The second-order valence-electron chi connectivity index (χ2n) is 5.89. The van der Waals surface area contributed by atoms with Gasteiger partial charge in [0.25, 0.3) is 0 Å². The van der Waals surface area contributed by atoms with Gasteiger partial charge in [0.2, 0.25) is 0 Å². The highest BCUT2D eigenvalue weighted by Crippen LogP contribution is 2.21. The Balaban J connectivity index is 1.91. The van der Waals surface area contributed by atoms with Crippen molar-refractivity contribution in [3.05, 3.63) is 59.1 Å². The Hall–Kier alpha value is -2.20. The highest BCUT2D eigenvalue weighted by atomic mass is 35.5. The topological polar surface area (TPSA) is 44.8 Å². The van der Waals surface area contributed by atoms with Gasteiger partial charge in [-0.3, -0.25) is 0 Å². The molecule has 1 unspecified atom stereocenters. The molecule has 5 heteroatoms. The second-order valence-corrected chi connectivity index (χ2v) is 6.32. The average Bonchev–Trinajstić information content (AvgIpc) is 2.66. The Bertz CT molecular complexity index is 667. The fourth-order valence-corrected chi connectivity index (χ4v) is 2.50. The molecule has 26 heavy (non-hydrogen) atoms. The van der Waals surface area contributed by atoms with E-state index in [0.29, 0.717) is 30.4 Å². The second kappa shape index (κ2) is 10.7. The van der Waals surface area contributed by atoms with Crippen molar-refractivity contribution < 1.29 is 19.0 Å². The third kappa shape index (κ3) is 6.60. The zero-order valence-electron chi connectivity index (χ0n) is 15.2. The van der Waals surface area contributed by atoms with Crippen LogP contribution in [0.3, 0.4) is 0 Å². The summed E-state index contributed by atoms with van der Waals surface area (Å²) in [6, 6.07) is 14.8. The number of hydrogen-bond acceptors (Lipinski definition) is 4. The summed E-state index contributed by atoms with van der Waals surface area (Å²) in [7, 11) is 0. The first-order valence-corrected chi connectivity index (χ1v) is 9.30. The van der Waals surface area contributed by atoms with Crippen molar-refractivity contribution in [3.63, 3.8) is 0 Å². The number of unbranched alkanes of at least 4 members (excludes halogenated alkanes) is 1. The van der Waals surface area contributed by atoms with Gasteiger partial charge in [-0.15, -0.1) is 0 Å². The largest absolute Gasteiger partial charge is 0.489 e. The number of hydrogen-bond donors (Lipinski definition) is 0. The van der Waals surface area contributed by atoms with E-state index >= 15 is 0 Å². The van der Waals surface area contributed by atoms with Crippen LogP contribution < -0.4 is 9.47 Å². The van der Waals surface area contributed by atoms with E-state index in [1.165, 1.54) is 0 Å². The lowest BCUT2D eigenvalue weighted by Gasteiger charge is -2.17. The maximum Gasteiger partial charge on any atom is 0.347 e. The van der Waals surface area contributed by atoms with Crippen LogP contribution in [-0.4, -0.2) is 18.7 Å². The first-order valence-electron chi connectivity index (χ1n) is 8.93. The molecule has 0 aromatic heterocycles. The molecule has 0 N–H and O–H groups in total. The van der Waals surface area contributed by atoms with Crippen LogP contribution in [-0.2, 0) is 16.1 Å². The minimum atomic E-state index is -0.573. The predicted octanol–water partition coefficient (Wildman–Crippen LogP) is 5.42. The third-order valence-electron chi connectivity index (χ3n) is 3.79. The number of halogens is 1. The first-order chi connectivity index (χ1) is 12.6. The van der Waals surface area contributed by atoms with Crippen molar-refractivity contribution in [2.75, 3.05) is 6.61 Å². The molecule has 0 aliphatic carbocycles. The number of benzene rings is 2. The van der Waals surface area contributed by atoms with Crippen molar-refractivity contribution in [2.24, 2.45) is 0 Å². The zero-order chi connectivity index (χ0) is 18.8. The fraction of sp³-hybridized carbons (Fsp3) is 0.381. The van der Waals surface area contributed by atoms with E-state index in [4.69, 9.17) is 25.8 Å². The lowest BCUT2D eigenvalue weighted by molar-refractivity contribution is -0.151. The summed E-state index contributed by atoms with van der Waals surface area (Å²) in [6.07, 6.45) is 1.97. The maximum absolute atomic E-state index is 12.0. The van der Waals surface area contributed by atoms with Crippen LogP contribution in [0.1, 0.15) is 38.7 Å². The summed E-state index contributed by atoms with van der Waals surface area (Å²) < 4.78 is 16.7. The molecule has 2 aromatic carbocycles. The molecule has 2 rings (SSSR count). The van der Waals surface area contributed by atoms with E-state index in [-0.39, 0.29) is 5.97 Å². The molecule has 0 radical (unpaired) electrons. The molecule has 0 heterocycles. The summed E-state index contributed by atoms with van der Waals surface area (Å²) in [4.78, 5) is 12.0. The summed E-state index contributed by atoms with van der Waals surface area (Å²) in [5, 5.41) is 0.703. The van der Waals surface area contributed by atoms with Crippen LogP contribution >= 0.6 is 11.6 Å². The van der Waals surface area contributed by atoms with E-state index < -0.39 is 6.10 Å². The van der Waals surface area contributed by atoms with Crippen LogP contribution in [0.15, 0.2) is 48.5 Å². The van der Waals surface area contributed by atoms with E-state index in [0.717, 1.165) is 24.2 Å². The van der Waals surface area contributed by atoms with Crippen molar-refractivity contribution in [2.45, 2.75) is 45.8 Å². The van der Waals surface area contributed by atoms with Gasteiger partial charge in [0.05, 0.1) is 6.61 Å². The Morgan fingerprint density at radius 2 is 1.65 bits per heavy atom. The third-order valence-corrected chi connectivity index (χ3v) is 4.04. The van der Waals surface area contributed by atoms with Crippen LogP contribution in [0.2, 0.25) is 5.02 Å². The van der Waals surface area contributed by atoms with E-state index in [9.17, 15) is 4.79 Å². The van der Waals surface area contributed by atoms with Gasteiger partial charge in [-0.2, -0.15) is 0 Å². The molecule has 0 aliphatic heterocycles. The minimum Gasteiger partial charge on any atom is -0.489 e. The fourth-order valence-electron chi connectivity index (χ4n) is 2.38. The Morgan fingerprint density at radius 1 is 1.00 bits per heavy atom. The minimum absolute atomic E-state index is 0.316.